The Balaban J connectivity index is 1.83. The van der Waals surface area contributed by atoms with Gasteiger partial charge in [0.25, 0.3) is 5.91 Å². The third kappa shape index (κ3) is 4.03. The van der Waals surface area contributed by atoms with Gasteiger partial charge in [-0.2, -0.15) is 0 Å². The van der Waals surface area contributed by atoms with Crippen molar-refractivity contribution in [1.82, 2.24) is 15.3 Å². The van der Waals surface area contributed by atoms with E-state index in [2.05, 4.69) is 27.2 Å². The summed E-state index contributed by atoms with van der Waals surface area (Å²) in [5.74, 6) is 0.397. The minimum absolute atomic E-state index is 0.248. The first-order chi connectivity index (χ1) is 9.29. The van der Waals surface area contributed by atoms with Gasteiger partial charge in [0.1, 0.15) is 11.5 Å². The zero-order valence-electron chi connectivity index (χ0n) is 10.8. The summed E-state index contributed by atoms with van der Waals surface area (Å²) in [4.78, 5) is 19.8. The number of hydrogen-bond donors (Lipinski definition) is 2. The van der Waals surface area contributed by atoms with Gasteiger partial charge in [-0.1, -0.05) is 6.08 Å². The van der Waals surface area contributed by atoms with Gasteiger partial charge >= 0.3 is 0 Å². The second kappa shape index (κ2) is 6.84. The number of ether oxygens (including phenoxy) is 1. The van der Waals surface area contributed by atoms with Gasteiger partial charge < -0.3 is 15.4 Å². The maximum atomic E-state index is 11.6. The van der Waals surface area contributed by atoms with E-state index < -0.39 is 0 Å². The van der Waals surface area contributed by atoms with E-state index >= 15 is 0 Å². The number of carbonyl (C=O) groups is 1. The Bertz CT molecular complexity index is 427. The minimum atomic E-state index is -0.252. The van der Waals surface area contributed by atoms with Gasteiger partial charge in [0, 0.05) is 19.7 Å². The molecule has 6 heteroatoms. The lowest BCUT2D eigenvalue weighted by Crippen LogP contribution is -2.24. The van der Waals surface area contributed by atoms with Gasteiger partial charge in [-0.15, -0.1) is 6.58 Å². The number of aromatic nitrogens is 2. The molecule has 1 aliphatic rings. The lowest BCUT2D eigenvalue weighted by molar-refractivity contribution is 0.0952. The van der Waals surface area contributed by atoms with E-state index in [4.69, 9.17) is 4.74 Å². The van der Waals surface area contributed by atoms with Crippen molar-refractivity contribution < 1.29 is 9.53 Å². The molecule has 1 saturated heterocycles. The van der Waals surface area contributed by atoms with Crippen molar-refractivity contribution >= 4 is 11.7 Å². The lowest BCUT2D eigenvalue weighted by atomic mass is 10.2. The zero-order chi connectivity index (χ0) is 13.5. The maximum absolute atomic E-state index is 11.6. The van der Waals surface area contributed by atoms with E-state index in [0.717, 1.165) is 26.0 Å². The predicted octanol–water partition coefficient (Wildman–Crippen LogP) is 0.983. The molecule has 2 rings (SSSR count). The third-order valence-corrected chi connectivity index (χ3v) is 2.83. The van der Waals surface area contributed by atoms with Crippen LogP contribution in [0.5, 0.6) is 0 Å². The molecule has 0 saturated carbocycles. The van der Waals surface area contributed by atoms with E-state index in [1.165, 1.54) is 6.20 Å². The molecule has 2 N–H and O–H groups in total. The van der Waals surface area contributed by atoms with Crippen LogP contribution < -0.4 is 10.6 Å². The summed E-state index contributed by atoms with van der Waals surface area (Å²) in [7, 11) is 0. The summed E-state index contributed by atoms with van der Waals surface area (Å²) in [5.41, 5.74) is 0.296. The van der Waals surface area contributed by atoms with Crippen molar-refractivity contribution in [3.63, 3.8) is 0 Å². The molecule has 1 amide bonds. The first-order valence-electron chi connectivity index (χ1n) is 6.36. The molecule has 1 aromatic heterocycles. The van der Waals surface area contributed by atoms with Crippen LogP contribution in [-0.2, 0) is 4.74 Å². The van der Waals surface area contributed by atoms with Crippen LogP contribution in [0.3, 0.4) is 0 Å². The zero-order valence-corrected chi connectivity index (χ0v) is 10.8. The van der Waals surface area contributed by atoms with Gasteiger partial charge in [-0.25, -0.2) is 9.97 Å². The lowest BCUT2D eigenvalue weighted by Gasteiger charge is -2.10. The van der Waals surface area contributed by atoms with E-state index in [-0.39, 0.29) is 12.0 Å². The van der Waals surface area contributed by atoms with E-state index in [9.17, 15) is 4.79 Å². The molecule has 102 valence electrons. The molecule has 19 heavy (non-hydrogen) atoms. The summed E-state index contributed by atoms with van der Waals surface area (Å²) in [5, 5.41) is 5.79. The Morgan fingerprint density at radius 3 is 3.05 bits per heavy atom. The highest BCUT2D eigenvalue weighted by Gasteiger charge is 2.15. The van der Waals surface area contributed by atoms with Crippen LogP contribution in [0.1, 0.15) is 23.3 Å². The molecular formula is C13H18N4O2. The molecule has 0 bridgehead atoms. The largest absolute Gasteiger partial charge is 0.376 e. The molecule has 1 unspecified atom stereocenters. The molecule has 6 nitrogen and oxygen atoms in total. The standard InChI is InChI=1S/C13H18N4O2/c1-2-5-14-13(18)11-8-17-12(9-15-11)16-7-10-4-3-6-19-10/h2,8-10H,1,3-7H2,(H,14,18)(H,16,17). The minimum Gasteiger partial charge on any atom is -0.376 e. The highest BCUT2D eigenvalue weighted by atomic mass is 16.5. The van der Waals surface area contributed by atoms with Crippen molar-refractivity contribution in [2.45, 2.75) is 18.9 Å². The molecular weight excluding hydrogens is 244 g/mol. The van der Waals surface area contributed by atoms with Gasteiger partial charge in [0.05, 0.1) is 18.5 Å². The number of anilines is 1. The fourth-order valence-corrected chi connectivity index (χ4v) is 1.82. The second-order valence-electron chi connectivity index (χ2n) is 4.30. The fourth-order valence-electron chi connectivity index (χ4n) is 1.82. The molecule has 1 aromatic rings. The maximum Gasteiger partial charge on any atom is 0.271 e. The average molecular weight is 262 g/mol. The molecule has 0 spiro atoms. The Morgan fingerprint density at radius 1 is 1.53 bits per heavy atom. The van der Waals surface area contributed by atoms with Crippen LogP contribution in [0.4, 0.5) is 5.82 Å². The Hall–Kier alpha value is -1.95. The molecule has 0 aromatic carbocycles. The number of rotatable bonds is 6. The number of nitrogens with one attached hydrogen (secondary N) is 2. The number of nitrogens with zero attached hydrogens (tertiary/aromatic N) is 2. The second-order valence-corrected chi connectivity index (χ2v) is 4.30. The normalized spacial score (nSPS) is 18.0. The van der Waals surface area contributed by atoms with Crippen molar-refractivity contribution in [2.75, 3.05) is 25.0 Å². The molecule has 1 fully saturated rings. The topological polar surface area (TPSA) is 76.1 Å². The third-order valence-electron chi connectivity index (χ3n) is 2.83. The van der Waals surface area contributed by atoms with Crippen molar-refractivity contribution in [1.29, 1.82) is 0 Å². The summed E-state index contributed by atoms with van der Waals surface area (Å²) in [6.45, 7) is 5.50. The van der Waals surface area contributed by atoms with Crippen molar-refractivity contribution in [3.05, 3.63) is 30.7 Å². The van der Waals surface area contributed by atoms with Gasteiger partial charge in [0.15, 0.2) is 0 Å². The van der Waals surface area contributed by atoms with Crippen LogP contribution in [0.2, 0.25) is 0 Å². The van der Waals surface area contributed by atoms with E-state index in [1.807, 2.05) is 0 Å². The number of amides is 1. The SMILES string of the molecule is C=CCNC(=O)c1cnc(NCC2CCCO2)cn1. The summed E-state index contributed by atoms with van der Waals surface area (Å²) >= 11 is 0. The monoisotopic (exact) mass is 262 g/mol. The number of hydrogen-bond acceptors (Lipinski definition) is 5. The highest BCUT2D eigenvalue weighted by molar-refractivity contribution is 5.92. The first-order valence-corrected chi connectivity index (χ1v) is 6.36. The van der Waals surface area contributed by atoms with E-state index in [1.54, 1.807) is 12.3 Å². The quantitative estimate of drug-likeness (QED) is 0.747. The Morgan fingerprint density at radius 2 is 2.42 bits per heavy atom. The number of carbonyl (C=O) groups excluding carboxylic acids is 1. The summed E-state index contributed by atoms with van der Waals surface area (Å²) < 4.78 is 5.50. The summed E-state index contributed by atoms with van der Waals surface area (Å²) in [6, 6.07) is 0. The van der Waals surface area contributed by atoms with Crippen LogP contribution in [-0.4, -0.2) is 41.7 Å². The van der Waals surface area contributed by atoms with Gasteiger partial charge in [0.2, 0.25) is 0 Å². The summed E-state index contributed by atoms with van der Waals surface area (Å²) in [6.07, 6.45) is 7.05. The molecule has 2 heterocycles. The fraction of sp³-hybridized carbons (Fsp3) is 0.462. The van der Waals surface area contributed by atoms with E-state index in [0.29, 0.717) is 18.1 Å². The van der Waals surface area contributed by atoms with Gasteiger partial charge in [-0.05, 0) is 12.8 Å². The molecule has 0 radical (unpaired) electrons. The first kappa shape index (κ1) is 13.5. The molecule has 1 atom stereocenters. The molecule has 1 aliphatic heterocycles. The highest BCUT2D eigenvalue weighted by Crippen LogP contribution is 2.12. The van der Waals surface area contributed by atoms with Crippen LogP contribution in [0.15, 0.2) is 25.0 Å². The van der Waals surface area contributed by atoms with Crippen LogP contribution >= 0.6 is 0 Å². The van der Waals surface area contributed by atoms with Gasteiger partial charge in [-0.3, -0.25) is 4.79 Å². The van der Waals surface area contributed by atoms with Crippen LogP contribution in [0, 0.1) is 0 Å². The van der Waals surface area contributed by atoms with Crippen LogP contribution in [0.25, 0.3) is 0 Å². The predicted molar refractivity (Wildman–Crippen MR) is 72.0 cm³/mol. The average Bonchev–Trinajstić information content (AvgIpc) is 2.96. The smallest absolute Gasteiger partial charge is 0.271 e. The Kier molecular flexibility index (Phi) is 4.85. The Labute approximate surface area is 112 Å². The van der Waals surface area contributed by atoms with Crippen molar-refractivity contribution in [3.8, 4) is 0 Å². The molecule has 0 aliphatic carbocycles. The van der Waals surface area contributed by atoms with Crippen molar-refractivity contribution in [2.24, 2.45) is 0 Å².